The van der Waals surface area contributed by atoms with Gasteiger partial charge in [-0.3, -0.25) is 19.9 Å². The van der Waals surface area contributed by atoms with Gasteiger partial charge in [-0.15, -0.1) is 0 Å². The Morgan fingerprint density at radius 2 is 2.47 bits per heavy atom. The first-order chi connectivity index (χ1) is 7.15. The second kappa shape index (κ2) is 5.67. The molecule has 0 aromatic rings. The van der Waals surface area contributed by atoms with Crippen LogP contribution in [0, 0.1) is 0 Å². The number of rotatable bonds is 4. The molecule has 0 radical (unpaired) electrons. The summed E-state index contributed by atoms with van der Waals surface area (Å²) in [7, 11) is 0. The van der Waals surface area contributed by atoms with Crippen LogP contribution in [0.2, 0.25) is 0 Å². The van der Waals surface area contributed by atoms with Gasteiger partial charge in [0, 0.05) is 19.5 Å². The number of amides is 2. The van der Waals surface area contributed by atoms with Crippen molar-refractivity contribution >= 4 is 11.8 Å². The highest BCUT2D eigenvalue weighted by atomic mass is 16.2. The molecule has 1 aliphatic rings. The maximum Gasteiger partial charge on any atom is 0.237 e. The smallest absolute Gasteiger partial charge is 0.237 e. The molecular weight excluding hydrogens is 196 g/mol. The van der Waals surface area contributed by atoms with Gasteiger partial charge >= 0.3 is 0 Å². The summed E-state index contributed by atoms with van der Waals surface area (Å²) in [6, 6.07) is -0.0975. The minimum Gasteiger partial charge on any atom is -0.353 e. The summed E-state index contributed by atoms with van der Waals surface area (Å²) in [5.74, 6) is 4.86. The van der Waals surface area contributed by atoms with Crippen molar-refractivity contribution in [3.8, 4) is 0 Å². The van der Waals surface area contributed by atoms with E-state index in [1.54, 1.807) is 0 Å². The molecule has 0 bridgehead atoms. The number of nitrogens with one attached hydrogen (secondary N) is 2. The van der Waals surface area contributed by atoms with E-state index in [1.165, 1.54) is 0 Å². The lowest BCUT2D eigenvalue weighted by Gasteiger charge is -2.32. The highest BCUT2D eigenvalue weighted by molar-refractivity contribution is 5.82. The second-order valence-corrected chi connectivity index (χ2v) is 3.67. The summed E-state index contributed by atoms with van der Waals surface area (Å²) in [5, 5.41) is 2.79. The van der Waals surface area contributed by atoms with E-state index in [2.05, 4.69) is 15.6 Å². The van der Waals surface area contributed by atoms with Crippen LogP contribution in [0.1, 0.15) is 19.8 Å². The first-order valence-corrected chi connectivity index (χ1v) is 5.16. The third kappa shape index (κ3) is 3.49. The van der Waals surface area contributed by atoms with Crippen LogP contribution in [0.3, 0.4) is 0 Å². The third-order valence-corrected chi connectivity index (χ3v) is 2.64. The number of hydrogen-bond donors (Lipinski definition) is 3. The van der Waals surface area contributed by atoms with Gasteiger partial charge in [-0.2, -0.15) is 0 Å². The van der Waals surface area contributed by atoms with Gasteiger partial charge in [-0.25, -0.2) is 5.84 Å². The molecule has 4 N–H and O–H groups in total. The zero-order valence-corrected chi connectivity index (χ0v) is 8.95. The Labute approximate surface area is 89.1 Å². The van der Waals surface area contributed by atoms with E-state index in [9.17, 15) is 9.59 Å². The zero-order valence-electron chi connectivity index (χ0n) is 8.95. The predicted octanol–water partition coefficient (Wildman–Crippen LogP) is -1.42. The minimum absolute atomic E-state index is 0.0597. The van der Waals surface area contributed by atoms with Crippen molar-refractivity contribution in [3.05, 3.63) is 0 Å². The van der Waals surface area contributed by atoms with Gasteiger partial charge < -0.3 is 5.32 Å². The SMILES string of the molecule is CC1C(=O)NCCN1CCCC(=O)NN. The van der Waals surface area contributed by atoms with Crippen LogP contribution >= 0.6 is 0 Å². The van der Waals surface area contributed by atoms with Gasteiger partial charge in [0.05, 0.1) is 6.04 Å². The summed E-state index contributed by atoms with van der Waals surface area (Å²) in [6.45, 7) is 4.16. The first kappa shape index (κ1) is 11.9. The average Bonchev–Trinajstić information content (AvgIpc) is 2.24. The van der Waals surface area contributed by atoms with E-state index in [4.69, 9.17) is 5.84 Å². The summed E-state index contributed by atoms with van der Waals surface area (Å²) in [6.07, 6.45) is 1.13. The molecule has 1 rings (SSSR count). The fraction of sp³-hybridized carbons (Fsp3) is 0.778. The van der Waals surface area contributed by atoms with E-state index < -0.39 is 0 Å². The molecule has 1 atom stereocenters. The second-order valence-electron chi connectivity index (χ2n) is 3.67. The molecule has 2 amide bonds. The standard InChI is InChI=1S/C9H18N4O2/c1-7-9(15)11-4-6-13(7)5-2-3-8(14)12-10/h7H,2-6,10H2,1H3,(H,11,15)(H,12,14). The number of hydrazine groups is 1. The van der Waals surface area contributed by atoms with Gasteiger partial charge in [0.15, 0.2) is 0 Å². The molecule has 1 saturated heterocycles. The molecule has 0 spiro atoms. The lowest BCUT2D eigenvalue weighted by Crippen LogP contribution is -2.54. The van der Waals surface area contributed by atoms with Crippen molar-refractivity contribution < 1.29 is 9.59 Å². The van der Waals surface area contributed by atoms with Gasteiger partial charge in [0.25, 0.3) is 0 Å². The van der Waals surface area contributed by atoms with Gasteiger partial charge in [-0.05, 0) is 19.9 Å². The van der Waals surface area contributed by atoms with Crippen LogP contribution in [-0.2, 0) is 9.59 Å². The van der Waals surface area contributed by atoms with Crippen molar-refractivity contribution in [1.29, 1.82) is 0 Å². The summed E-state index contributed by atoms with van der Waals surface area (Å²) >= 11 is 0. The number of carbonyl (C=O) groups excluding carboxylic acids is 2. The molecule has 1 heterocycles. The first-order valence-electron chi connectivity index (χ1n) is 5.16. The topological polar surface area (TPSA) is 87.5 Å². The molecular formula is C9H18N4O2. The molecule has 0 aliphatic carbocycles. The number of hydrogen-bond acceptors (Lipinski definition) is 4. The van der Waals surface area contributed by atoms with Crippen LogP contribution in [0.15, 0.2) is 0 Å². The van der Waals surface area contributed by atoms with E-state index in [0.29, 0.717) is 13.0 Å². The van der Waals surface area contributed by atoms with E-state index in [-0.39, 0.29) is 17.9 Å². The molecule has 0 aromatic carbocycles. The predicted molar refractivity (Wildman–Crippen MR) is 55.6 cm³/mol. The maximum absolute atomic E-state index is 11.3. The highest BCUT2D eigenvalue weighted by Gasteiger charge is 2.24. The van der Waals surface area contributed by atoms with Gasteiger partial charge in [-0.1, -0.05) is 0 Å². The van der Waals surface area contributed by atoms with Crippen molar-refractivity contribution in [2.45, 2.75) is 25.8 Å². The number of carbonyl (C=O) groups is 2. The lowest BCUT2D eigenvalue weighted by molar-refractivity contribution is -0.128. The van der Waals surface area contributed by atoms with Crippen LogP contribution in [0.25, 0.3) is 0 Å². The Balaban J connectivity index is 2.25. The van der Waals surface area contributed by atoms with Crippen molar-refractivity contribution in [2.75, 3.05) is 19.6 Å². The Morgan fingerprint density at radius 3 is 3.13 bits per heavy atom. The Morgan fingerprint density at radius 1 is 1.73 bits per heavy atom. The summed E-state index contributed by atoms with van der Waals surface area (Å²) in [5.41, 5.74) is 2.09. The monoisotopic (exact) mass is 214 g/mol. The van der Waals surface area contributed by atoms with E-state index >= 15 is 0 Å². The maximum atomic E-state index is 11.3. The Hall–Kier alpha value is -1.14. The zero-order chi connectivity index (χ0) is 11.3. The lowest BCUT2D eigenvalue weighted by atomic mass is 10.2. The average molecular weight is 214 g/mol. The van der Waals surface area contributed by atoms with Crippen molar-refractivity contribution in [3.63, 3.8) is 0 Å². The Bertz CT molecular complexity index is 244. The van der Waals surface area contributed by atoms with E-state index in [0.717, 1.165) is 19.5 Å². The quantitative estimate of drug-likeness (QED) is 0.304. The van der Waals surface area contributed by atoms with Crippen LogP contribution in [-0.4, -0.2) is 42.4 Å². The summed E-state index contributed by atoms with van der Waals surface area (Å²) < 4.78 is 0. The van der Waals surface area contributed by atoms with Crippen LogP contribution in [0.5, 0.6) is 0 Å². The van der Waals surface area contributed by atoms with Crippen molar-refractivity contribution in [1.82, 2.24) is 15.6 Å². The third-order valence-electron chi connectivity index (χ3n) is 2.64. The summed E-state index contributed by atoms with van der Waals surface area (Å²) in [4.78, 5) is 24.2. The van der Waals surface area contributed by atoms with Crippen LogP contribution < -0.4 is 16.6 Å². The molecule has 0 saturated carbocycles. The molecule has 1 unspecified atom stereocenters. The van der Waals surface area contributed by atoms with Gasteiger partial charge in [0.2, 0.25) is 11.8 Å². The van der Waals surface area contributed by atoms with Crippen LogP contribution in [0.4, 0.5) is 0 Å². The number of nitrogens with two attached hydrogens (primary N) is 1. The van der Waals surface area contributed by atoms with Gasteiger partial charge in [0.1, 0.15) is 0 Å². The van der Waals surface area contributed by atoms with E-state index in [1.807, 2.05) is 6.92 Å². The molecule has 0 aromatic heterocycles. The minimum atomic E-state index is -0.163. The fourth-order valence-electron chi connectivity index (χ4n) is 1.65. The molecule has 1 fully saturated rings. The molecule has 1 aliphatic heterocycles. The number of piperazine rings is 1. The fourth-order valence-corrected chi connectivity index (χ4v) is 1.65. The largest absolute Gasteiger partial charge is 0.353 e. The molecule has 6 heteroatoms. The molecule has 86 valence electrons. The number of nitrogens with zero attached hydrogens (tertiary/aromatic N) is 1. The Kier molecular flexibility index (Phi) is 4.51. The highest BCUT2D eigenvalue weighted by Crippen LogP contribution is 2.05. The van der Waals surface area contributed by atoms with Crippen molar-refractivity contribution in [2.24, 2.45) is 5.84 Å². The molecule has 6 nitrogen and oxygen atoms in total. The molecule has 15 heavy (non-hydrogen) atoms. The normalized spacial score (nSPS) is 22.3.